The maximum atomic E-state index is 2.48. The first-order valence-electron chi connectivity index (χ1n) is 8.59. The van der Waals surface area contributed by atoms with Crippen LogP contribution in [0.2, 0.25) is 0 Å². The number of rotatable bonds is 3. The summed E-state index contributed by atoms with van der Waals surface area (Å²) >= 11 is 0. The second kappa shape index (κ2) is 6.04. The molecular formula is C22H22N2. The minimum absolute atomic E-state index is 0.283. The molecule has 4 rings (SSSR count). The maximum Gasteiger partial charge on any atom is 0.111 e. The van der Waals surface area contributed by atoms with E-state index < -0.39 is 0 Å². The zero-order valence-electron chi connectivity index (χ0n) is 14.2. The van der Waals surface area contributed by atoms with Crippen molar-refractivity contribution in [2.75, 3.05) is 9.80 Å². The number of hydrogen-bond acceptors (Lipinski definition) is 2. The van der Waals surface area contributed by atoms with Crippen LogP contribution in [0, 0.1) is 6.92 Å². The van der Waals surface area contributed by atoms with Gasteiger partial charge in [0.25, 0.3) is 0 Å². The van der Waals surface area contributed by atoms with Crippen LogP contribution in [0.3, 0.4) is 0 Å². The zero-order valence-corrected chi connectivity index (χ0v) is 14.2. The van der Waals surface area contributed by atoms with Crippen LogP contribution >= 0.6 is 0 Å². The number of benzene rings is 3. The second-order valence-electron chi connectivity index (χ2n) is 6.24. The van der Waals surface area contributed by atoms with E-state index in [1.165, 1.54) is 28.3 Å². The molecule has 1 heterocycles. The molecule has 0 spiro atoms. The molecule has 0 bridgehead atoms. The first-order chi connectivity index (χ1) is 11.8. The Balaban J connectivity index is 1.91. The van der Waals surface area contributed by atoms with Crippen molar-refractivity contribution in [3.8, 4) is 0 Å². The highest BCUT2D eigenvalue weighted by Crippen LogP contribution is 2.48. The molecule has 1 aliphatic rings. The number of nitrogens with zero attached hydrogens (tertiary/aromatic N) is 2. The lowest BCUT2D eigenvalue weighted by Crippen LogP contribution is -2.37. The Morgan fingerprint density at radius 3 is 1.83 bits per heavy atom. The third kappa shape index (κ3) is 2.26. The van der Waals surface area contributed by atoms with Gasteiger partial charge in [0.15, 0.2) is 0 Å². The highest BCUT2D eigenvalue weighted by Gasteiger charge is 2.36. The van der Waals surface area contributed by atoms with E-state index in [4.69, 9.17) is 0 Å². The zero-order chi connectivity index (χ0) is 16.5. The van der Waals surface area contributed by atoms with E-state index in [1.54, 1.807) is 0 Å². The molecule has 1 atom stereocenters. The van der Waals surface area contributed by atoms with Gasteiger partial charge in [-0.15, -0.1) is 0 Å². The monoisotopic (exact) mass is 314 g/mol. The van der Waals surface area contributed by atoms with Crippen LogP contribution in [0.15, 0.2) is 78.9 Å². The van der Waals surface area contributed by atoms with Crippen molar-refractivity contribution >= 4 is 22.7 Å². The molecule has 1 aliphatic heterocycles. The van der Waals surface area contributed by atoms with Gasteiger partial charge in [-0.1, -0.05) is 55.5 Å². The number of fused-ring (bicyclic) bond motifs is 1. The Hall–Kier alpha value is -2.74. The van der Waals surface area contributed by atoms with E-state index in [2.05, 4.69) is 103 Å². The van der Waals surface area contributed by atoms with Crippen LogP contribution in [0.1, 0.15) is 18.9 Å². The molecule has 0 amide bonds. The van der Waals surface area contributed by atoms with E-state index in [9.17, 15) is 0 Å². The smallest absolute Gasteiger partial charge is 0.111 e. The van der Waals surface area contributed by atoms with E-state index in [1.807, 2.05) is 0 Å². The van der Waals surface area contributed by atoms with E-state index in [-0.39, 0.29) is 6.17 Å². The summed E-state index contributed by atoms with van der Waals surface area (Å²) in [5, 5.41) is 0. The molecule has 0 fully saturated rings. The molecule has 2 nitrogen and oxygen atoms in total. The van der Waals surface area contributed by atoms with Gasteiger partial charge < -0.3 is 9.80 Å². The van der Waals surface area contributed by atoms with Crippen molar-refractivity contribution in [1.82, 2.24) is 0 Å². The SMILES string of the molecule is CCC1N(c2ccccc2)c2ccccc2N1c1ccccc1C. The summed E-state index contributed by atoms with van der Waals surface area (Å²) in [7, 11) is 0. The molecular weight excluding hydrogens is 292 g/mol. The quantitative estimate of drug-likeness (QED) is 0.583. The molecule has 1 unspecified atom stereocenters. The van der Waals surface area contributed by atoms with E-state index >= 15 is 0 Å². The minimum Gasteiger partial charge on any atom is -0.318 e. The van der Waals surface area contributed by atoms with Crippen LogP contribution in [-0.4, -0.2) is 6.17 Å². The van der Waals surface area contributed by atoms with Gasteiger partial charge in [0.05, 0.1) is 11.4 Å². The summed E-state index contributed by atoms with van der Waals surface area (Å²) in [6.45, 7) is 4.45. The van der Waals surface area contributed by atoms with Crippen molar-refractivity contribution in [3.63, 3.8) is 0 Å². The predicted octanol–water partition coefficient (Wildman–Crippen LogP) is 6.02. The van der Waals surface area contributed by atoms with Crippen LogP contribution in [-0.2, 0) is 0 Å². The normalized spacial score (nSPS) is 16.3. The lowest BCUT2D eigenvalue weighted by Gasteiger charge is -2.33. The maximum absolute atomic E-state index is 2.48. The molecule has 0 radical (unpaired) electrons. The number of para-hydroxylation sites is 4. The molecule has 0 saturated carbocycles. The fraction of sp³-hybridized carbons (Fsp3) is 0.182. The molecule has 3 aromatic rings. The lowest BCUT2D eigenvalue weighted by atomic mass is 10.1. The van der Waals surface area contributed by atoms with Gasteiger partial charge in [-0.25, -0.2) is 0 Å². The minimum atomic E-state index is 0.283. The summed E-state index contributed by atoms with van der Waals surface area (Å²) in [5.41, 5.74) is 6.39. The Labute approximate surface area is 144 Å². The van der Waals surface area contributed by atoms with Crippen molar-refractivity contribution < 1.29 is 0 Å². The fourth-order valence-corrected chi connectivity index (χ4v) is 3.70. The third-order valence-electron chi connectivity index (χ3n) is 4.77. The molecule has 120 valence electrons. The van der Waals surface area contributed by atoms with Crippen LogP contribution < -0.4 is 9.80 Å². The highest BCUT2D eigenvalue weighted by atomic mass is 15.4. The Morgan fingerprint density at radius 2 is 1.21 bits per heavy atom. The van der Waals surface area contributed by atoms with Crippen LogP contribution in [0.25, 0.3) is 0 Å². The molecule has 24 heavy (non-hydrogen) atoms. The van der Waals surface area contributed by atoms with Gasteiger partial charge in [0.1, 0.15) is 6.17 Å². The summed E-state index contributed by atoms with van der Waals surface area (Å²) in [4.78, 5) is 4.94. The van der Waals surface area contributed by atoms with E-state index in [0.29, 0.717) is 0 Å². The van der Waals surface area contributed by atoms with Gasteiger partial charge in [0.2, 0.25) is 0 Å². The van der Waals surface area contributed by atoms with Gasteiger partial charge >= 0.3 is 0 Å². The summed E-state index contributed by atoms with van der Waals surface area (Å²) in [5.74, 6) is 0. The third-order valence-corrected chi connectivity index (χ3v) is 4.77. The average molecular weight is 314 g/mol. The number of hydrogen-bond donors (Lipinski definition) is 0. The molecule has 0 aromatic heterocycles. The van der Waals surface area contributed by atoms with Crippen LogP contribution in [0.4, 0.5) is 22.7 Å². The van der Waals surface area contributed by atoms with Gasteiger partial charge in [-0.2, -0.15) is 0 Å². The topological polar surface area (TPSA) is 6.48 Å². The molecule has 0 aliphatic carbocycles. The van der Waals surface area contributed by atoms with E-state index in [0.717, 1.165) is 6.42 Å². The van der Waals surface area contributed by atoms with Crippen LogP contribution in [0.5, 0.6) is 0 Å². The Kier molecular flexibility index (Phi) is 3.73. The summed E-state index contributed by atoms with van der Waals surface area (Å²) < 4.78 is 0. The summed E-state index contributed by atoms with van der Waals surface area (Å²) in [6.07, 6.45) is 1.32. The van der Waals surface area contributed by atoms with Crippen molar-refractivity contribution in [3.05, 3.63) is 84.4 Å². The van der Waals surface area contributed by atoms with Crippen molar-refractivity contribution in [1.29, 1.82) is 0 Å². The standard InChI is InChI=1S/C22H22N2/c1-3-22-23(18-12-5-4-6-13-18)20-15-9-10-16-21(20)24(22)19-14-8-7-11-17(19)2/h4-16,22H,3H2,1-2H3. The van der Waals surface area contributed by atoms with Gasteiger partial charge in [-0.3, -0.25) is 0 Å². The molecule has 0 N–H and O–H groups in total. The largest absolute Gasteiger partial charge is 0.318 e. The van der Waals surface area contributed by atoms with Crippen molar-refractivity contribution in [2.24, 2.45) is 0 Å². The average Bonchev–Trinajstić information content (AvgIpc) is 2.97. The number of anilines is 4. The first-order valence-corrected chi connectivity index (χ1v) is 8.59. The van der Waals surface area contributed by atoms with Gasteiger partial charge in [-0.05, 0) is 49.2 Å². The predicted molar refractivity (Wildman–Crippen MR) is 102 cm³/mol. The highest BCUT2D eigenvalue weighted by molar-refractivity contribution is 5.88. The van der Waals surface area contributed by atoms with Crippen molar-refractivity contribution in [2.45, 2.75) is 26.4 Å². The van der Waals surface area contributed by atoms with Gasteiger partial charge in [0, 0.05) is 11.4 Å². The Bertz CT molecular complexity index is 841. The number of aryl methyl sites for hydroxylation is 1. The second-order valence-corrected chi connectivity index (χ2v) is 6.24. The first kappa shape index (κ1) is 14.8. The molecule has 3 aromatic carbocycles. The summed E-state index contributed by atoms with van der Waals surface area (Å²) in [6, 6.07) is 28.1. The molecule has 0 saturated heterocycles. The Morgan fingerprint density at radius 1 is 0.667 bits per heavy atom. The lowest BCUT2D eigenvalue weighted by molar-refractivity contribution is 0.666. The molecule has 2 heteroatoms. The fourth-order valence-electron chi connectivity index (χ4n) is 3.70.